The molecule has 8 nitrogen and oxygen atoms in total. The molecule has 20 heavy (non-hydrogen) atoms. The lowest BCUT2D eigenvalue weighted by Crippen LogP contribution is -2.39. The molecule has 2 rings (SSSR count). The van der Waals surface area contributed by atoms with E-state index in [1.807, 2.05) is 0 Å². The van der Waals surface area contributed by atoms with E-state index >= 15 is 0 Å². The Morgan fingerprint density at radius 3 is 2.80 bits per heavy atom. The molecule has 0 spiro atoms. The van der Waals surface area contributed by atoms with Crippen LogP contribution in [0.15, 0.2) is 6.20 Å². The number of rotatable bonds is 7. The zero-order chi connectivity index (χ0) is 14.4. The van der Waals surface area contributed by atoms with Crippen molar-refractivity contribution in [2.75, 3.05) is 13.1 Å². The highest BCUT2D eigenvalue weighted by Crippen LogP contribution is 2.17. The highest BCUT2D eigenvalue weighted by atomic mass is 16.4. The molecule has 0 aromatic carbocycles. The van der Waals surface area contributed by atoms with Crippen LogP contribution in [0.2, 0.25) is 0 Å². The smallest absolute Gasteiger partial charge is 0.358 e. The molecular formula is C12H19N5O3. The summed E-state index contributed by atoms with van der Waals surface area (Å²) in [7, 11) is 0. The molecule has 8 heteroatoms. The SMILES string of the molecule is O=C(CNC1CCCC1)NCCn1cc(C(=O)O)nn1. The number of carboxylic acid groups (broad SMARTS) is 1. The number of aromatic nitrogens is 3. The molecule has 1 aliphatic rings. The summed E-state index contributed by atoms with van der Waals surface area (Å²) in [6.45, 7) is 1.12. The minimum atomic E-state index is -1.11. The third-order valence-corrected chi connectivity index (χ3v) is 3.33. The Hall–Kier alpha value is -1.96. The fourth-order valence-corrected chi connectivity index (χ4v) is 2.25. The Morgan fingerprint density at radius 1 is 1.40 bits per heavy atom. The molecule has 1 fully saturated rings. The van der Waals surface area contributed by atoms with Crippen LogP contribution in [0.1, 0.15) is 36.2 Å². The van der Waals surface area contributed by atoms with Crippen molar-refractivity contribution in [3.63, 3.8) is 0 Å². The van der Waals surface area contributed by atoms with Crippen LogP contribution in [-0.2, 0) is 11.3 Å². The Morgan fingerprint density at radius 2 is 2.15 bits per heavy atom. The van der Waals surface area contributed by atoms with E-state index in [2.05, 4.69) is 20.9 Å². The van der Waals surface area contributed by atoms with Gasteiger partial charge in [-0.1, -0.05) is 18.1 Å². The number of nitrogens with one attached hydrogen (secondary N) is 2. The van der Waals surface area contributed by atoms with E-state index in [9.17, 15) is 9.59 Å². The average Bonchev–Trinajstić information content (AvgIpc) is 3.07. The molecular weight excluding hydrogens is 262 g/mol. The van der Waals surface area contributed by atoms with Crippen molar-refractivity contribution in [2.45, 2.75) is 38.3 Å². The molecule has 0 atom stereocenters. The summed E-state index contributed by atoms with van der Waals surface area (Å²) in [5, 5.41) is 21.8. The first-order chi connectivity index (χ1) is 9.65. The number of hydrogen-bond donors (Lipinski definition) is 3. The van der Waals surface area contributed by atoms with Gasteiger partial charge in [-0.25, -0.2) is 9.48 Å². The predicted octanol–water partition coefficient (Wildman–Crippen LogP) is -0.375. The summed E-state index contributed by atoms with van der Waals surface area (Å²) in [5.74, 6) is -1.17. The van der Waals surface area contributed by atoms with Crippen LogP contribution in [0.25, 0.3) is 0 Å². The minimum absolute atomic E-state index is 0.0597. The van der Waals surface area contributed by atoms with Gasteiger partial charge in [0.15, 0.2) is 5.69 Å². The molecule has 0 unspecified atom stereocenters. The van der Waals surface area contributed by atoms with Crippen molar-refractivity contribution >= 4 is 11.9 Å². The number of nitrogens with zero attached hydrogens (tertiary/aromatic N) is 3. The molecule has 1 aromatic rings. The van der Waals surface area contributed by atoms with Crippen LogP contribution >= 0.6 is 0 Å². The van der Waals surface area contributed by atoms with Gasteiger partial charge in [-0.3, -0.25) is 4.79 Å². The second-order valence-corrected chi connectivity index (χ2v) is 4.88. The van der Waals surface area contributed by atoms with Gasteiger partial charge in [0.2, 0.25) is 5.91 Å². The minimum Gasteiger partial charge on any atom is -0.476 e. The largest absolute Gasteiger partial charge is 0.476 e. The van der Waals surface area contributed by atoms with Crippen LogP contribution in [0.3, 0.4) is 0 Å². The summed E-state index contributed by atoms with van der Waals surface area (Å²) in [4.78, 5) is 22.2. The Kier molecular flexibility index (Phi) is 5.05. The van der Waals surface area contributed by atoms with Crippen LogP contribution in [0.5, 0.6) is 0 Å². The third kappa shape index (κ3) is 4.30. The zero-order valence-corrected chi connectivity index (χ0v) is 11.2. The number of carboxylic acids is 1. The lowest BCUT2D eigenvalue weighted by Gasteiger charge is -2.11. The second kappa shape index (κ2) is 6.99. The molecule has 0 saturated heterocycles. The number of amides is 1. The molecule has 0 bridgehead atoms. The van der Waals surface area contributed by atoms with Gasteiger partial charge < -0.3 is 15.7 Å². The molecule has 1 heterocycles. The number of carbonyl (C=O) groups is 2. The molecule has 3 N–H and O–H groups in total. The standard InChI is InChI=1S/C12H19N5O3/c18-11(7-14-9-3-1-2-4-9)13-5-6-17-8-10(12(19)20)15-16-17/h8-9,14H,1-7H2,(H,13,18)(H,19,20). The molecule has 0 aliphatic heterocycles. The quantitative estimate of drug-likeness (QED) is 0.629. The summed E-state index contributed by atoms with van der Waals surface area (Å²) in [6.07, 6.45) is 6.09. The summed E-state index contributed by atoms with van der Waals surface area (Å²) >= 11 is 0. The molecule has 0 radical (unpaired) electrons. The fourth-order valence-electron chi connectivity index (χ4n) is 2.25. The van der Waals surface area contributed by atoms with E-state index in [0.717, 1.165) is 12.8 Å². The summed E-state index contributed by atoms with van der Waals surface area (Å²) in [6, 6.07) is 0.467. The number of carbonyl (C=O) groups excluding carboxylic acids is 1. The molecule has 1 amide bonds. The molecule has 1 aliphatic carbocycles. The Labute approximate surface area is 116 Å². The topological polar surface area (TPSA) is 109 Å². The van der Waals surface area contributed by atoms with Crippen LogP contribution in [0.4, 0.5) is 0 Å². The normalized spacial score (nSPS) is 15.4. The van der Waals surface area contributed by atoms with Gasteiger partial charge in [0, 0.05) is 12.6 Å². The lowest BCUT2D eigenvalue weighted by atomic mass is 10.2. The van der Waals surface area contributed by atoms with Crippen molar-refractivity contribution in [3.05, 3.63) is 11.9 Å². The van der Waals surface area contributed by atoms with E-state index in [1.54, 1.807) is 0 Å². The van der Waals surface area contributed by atoms with E-state index in [0.29, 0.717) is 25.7 Å². The first kappa shape index (κ1) is 14.4. The Bertz CT molecular complexity index is 467. The van der Waals surface area contributed by atoms with E-state index < -0.39 is 5.97 Å². The maximum Gasteiger partial charge on any atom is 0.358 e. The second-order valence-electron chi connectivity index (χ2n) is 4.88. The molecule has 110 valence electrons. The van der Waals surface area contributed by atoms with Gasteiger partial charge in [0.05, 0.1) is 19.3 Å². The highest BCUT2D eigenvalue weighted by molar-refractivity contribution is 5.84. The van der Waals surface area contributed by atoms with Crippen molar-refractivity contribution in [1.82, 2.24) is 25.6 Å². The van der Waals surface area contributed by atoms with E-state index in [4.69, 9.17) is 5.11 Å². The van der Waals surface area contributed by atoms with Gasteiger partial charge in [-0.2, -0.15) is 0 Å². The summed E-state index contributed by atoms with van der Waals surface area (Å²) < 4.78 is 1.40. The van der Waals surface area contributed by atoms with Crippen LogP contribution < -0.4 is 10.6 Å². The van der Waals surface area contributed by atoms with Gasteiger partial charge in [0.1, 0.15) is 0 Å². The van der Waals surface area contributed by atoms with E-state index in [1.165, 1.54) is 23.7 Å². The van der Waals surface area contributed by atoms with Gasteiger partial charge in [0.25, 0.3) is 0 Å². The van der Waals surface area contributed by atoms with Gasteiger partial charge in [-0.15, -0.1) is 5.10 Å². The lowest BCUT2D eigenvalue weighted by molar-refractivity contribution is -0.120. The van der Waals surface area contributed by atoms with Gasteiger partial charge >= 0.3 is 5.97 Å². The maximum absolute atomic E-state index is 11.6. The maximum atomic E-state index is 11.6. The fraction of sp³-hybridized carbons (Fsp3) is 0.667. The van der Waals surface area contributed by atoms with Crippen LogP contribution in [-0.4, -0.2) is 51.1 Å². The van der Waals surface area contributed by atoms with Gasteiger partial charge in [-0.05, 0) is 12.8 Å². The number of aromatic carboxylic acids is 1. The van der Waals surface area contributed by atoms with Crippen molar-refractivity contribution in [1.29, 1.82) is 0 Å². The van der Waals surface area contributed by atoms with Crippen molar-refractivity contribution in [3.8, 4) is 0 Å². The summed E-state index contributed by atoms with van der Waals surface area (Å²) in [5.41, 5.74) is -0.0979. The first-order valence-corrected chi connectivity index (χ1v) is 6.78. The van der Waals surface area contributed by atoms with Crippen molar-refractivity contribution in [2.24, 2.45) is 0 Å². The first-order valence-electron chi connectivity index (χ1n) is 6.78. The average molecular weight is 281 g/mol. The highest BCUT2D eigenvalue weighted by Gasteiger charge is 2.15. The monoisotopic (exact) mass is 281 g/mol. The third-order valence-electron chi connectivity index (χ3n) is 3.33. The van der Waals surface area contributed by atoms with E-state index in [-0.39, 0.29) is 11.6 Å². The molecule has 1 saturated carbocycles. The zero-order valence-electron chi connectivity index (χ0n) is 11.2. The molecule has 1 aromatic heterocycles. The predicted molar refractivity (Wildman–Crippen MR) is 70.2 cm³/mol. The number of hydrogen-bond acceptors (Lipinski definition) is 5. The Balaban J connectivity index is 1.61. The van der Waals surface area contributed by atoms with Crippen LogP contribution in [0, 0.1) is 0 Å². The van der Waals surface area contributed by atoms with Crippen molar-refractivity contribution < 1.29 is 14.7 Å².